The molecule has 0 aliphatic carbocycles. The first-order valence-electron chi connectivity index (χ1n) is 6.59. The Bertz CT molecular complexity index is 723. The molecule has 1 unspecified atom stereocenters. The van der Waals surface area contributed by atoms with Crippen LogP contribution >= 0.6 is 0 Å². The number of H-pyrrole nitrogens is 1. The van der Waals surface area contributed by atoms with E-state index in [0.717, 1.165) is 0 Å². The highest BCUT2D eigenvalue weighted by Gasteiger charge is 2.27. The number of phenolic OH excluding ortho intramolecular Hbond substituents is 1. The van der Waals surface area contributed by atoms with E-state index in [1.807, 2.05) is 0 Å². The van der Waals surface area contributed by atoms with E-state index in [9.17, 15) is 19.1 Å². The van der Waals surface area contributed by atoms with Gasteiger partial charge in [0.2, 0.25) is 6.41 Å². The van der Waals surface area contributed by atoms with Gasteiger partial charge in [-0.2, -0.15) is 0 Å². The summed E-state index contributed by atoms with van der Waals surface area (Å²) in [7, 11) is 0. The molecule has 0 fully saturated rings. The number of rotatable bonds is 6. The van der Waals surface area contributed by atoms with Gasteiger partial charge in [0, 0.05) is 28.2 Å². The lowest BCUT2D eigenvalue weighted by Gasteiger charge is -2.17. The van der Waals surface area contributed by atoms with Gasteiger partial charge < -0.3 is 20.1 Å². The lowest BCUT2D eigenvalue weighted by atomic mass is 9.99. The Morgan fingerprint density at radius 2 is 2.32 bits per heavy atom. The van der Waals surface area contributed by atoms with E-state index < -0.39 is 12.0 Å². The molecule has 116 valence electrons. The van der Waals surface area contributed by atoms with Crippen molar-refractivity contribution >= 4 is 28.9 Å². The second kappa shape index (κ2) is 6.75. The van der Waals surface area contributed by atoms with Crippen molar-refractivity contribution in [2.45, 2.75) is 13.0 Å². The van der Waals surface area contributed by atoms with Crippen LogP contribution in [0.1, 0.15) is 12.5 Å². The molecule has 0 saturated heterocycles. The summed E-state index contributed by atoms with van der Waals surface area (Å²) in [6, 6.07) is 3.27. The molecule has 0 aliphatic heterocycles. The quantitative estimate of drug-likeness (QED) is 0.561. The van der Waals surface area contributed by atoms with Crippen LogP contribution in [0.4, 0.5) is 4.39 Å². The molecule has 3 N–H and O–H groups in total. The van der Waals surface area contributed by atoms with Crippen molar-refractivity contribution < 1.29 is 23.8 Å². The number of hydrogen-bond donors (Lipinski definition) is 3. The van der Waals surface area contributed by atoms with E-state index in [2.05, 4.69) is 10.3 Å². The van der Waals surface area contributed by atoms with Gasteiger partial charge in [0.25, 0.3) is 0 Å². The first-order valence-corrected chi connectivity index (χ1v) is 6.59. The van der Waals surface area contributed by atoms with Crippen molar-refractivity contribution in [2.75, 3.05) is 6.61 Å². The number of benzene rings is 1. The molecule has 1 aromatic heterocycles. The third-order valence-corrected chi connectivity index (χ3v) is 3.16. The number of halogens is 1. The second-order valence-corrected chi connectivity index (χ2v) is 4.47. The zero-order valence-electron chi connectivity index (χ0n) is 11.8. The largest absolute Gasteiger partial charge is 0.508 e. The number of fused-ring (bicyclic) bond motifs is 1. The smallest absolute Gasteiger partial charge is 0.333 e. The number of carbonyl (C=O) groups is 2. The summed E-state index contributed by atoms with van der Waals surface area (Å²) in [4.78, 5) is 25.5. The minimum atomic E-state index is -1.27. The van der Waals surface area contributed by atoms with Crippen LogP contribution in [0.2, 0.25) is 0 Å². The minimum Gasteiger partial charge on any atom is -0.508 e. The maximum Gasteiger partial charge on any atom is 0.333 e. The Balaban J connectivity index is 2.50. The average Bonchev–Trinajstić information content (AvgIpc) is 2.90. The van der Waals surface area contributed by atoms with Crippen LogP contribution in [0.25, 0.3) is 16.5 Å². The van der Waals surface area contributed by atoms with Gasteiger partial charge in [0.1, 0.15) is 5.75 Å². The van der Waals surface area contributed by atoms with Crippen LogP contribution in [0.15, 0.2) is 30.7 Å². The average molecular weight is 306 g/mol. The number of aromatic hydroxyl groups is 1. The zero-order valence-corrected chi connectivity index (χ0v) is 11.8. The molecule has 0 spiro atoms. The SMILES string of the molecule is CCOC(=O)C(NC=O)/C(=C/F)c1c[nH]c2ccc(O)cc12. The van der Waals surface area contributed by atoms with Crippen LogP contribution in [-0.2, 0) is 14.3 Å². The van der Waals surface area contributed by atoms with Crippen LogP contribution in [0.3, 0.4) is 0 Å². The molecule has 7 heteroatoms. The van der Waals surface area contributed by atoms with E-state index in [1.54, 1.807) is 13.0 Å². The summed E-state index contributed by atoms with van der Waals surface area (Å²) in [5, 5.41) is 12.3. The Morgan fingerprint density at radius 1 is 1.55 bits per heavy atom. The number of ether oxygens (including phenoxy) is 1. The molecule has 1 amide bonds. The molecule has 0 bridgehead atoms. The van der Waals surface area contributed by atoms with Crippen LogP contribution < -0.4 is 5.32 Å². The number of hydrogen-bond acceptors (Lipinski definition) is 4. The van der Waals surface area contributed by atoms with Crippen molar-refractivity contribution in [1.82, 2.24) is 10.3 Å². The zero-order chi connectivity index (χ0) is 16.1. The third-order valence-electron chi connectivity index (χ3n) is 3.16. The molecule has 0 aliphatic rings. The fourth-order valence-corrected chi connectivity index (χ4v) is 2.20. The number of aromatic amines is 1. The number of phenols is 1. The topological polar surface area (TPSA) is 91.4 Å². The molecule has 0 saturated carbocycles. The van der Waals surface area contributed by atoms with Crippen molar-refractivity contribution in [2.24, 2.45) is 0 Å². The van der Waals surface area contributed by atoms with Crippen molar-refractivity contribution in [3.05, 3.63) is 36.3 Å². The molecule has 2 aromatic rings. The molecule has 0 radical (unpaired) electrons. The van der Waals surface area contributed by atoms with Gasteiger partial charge in [-0.15, -0.1) is 0 Å². The van der Waals surface area contributed by atoms with Crippen molar-refractivity contribution in [3.63, 3.8) is 0 Å². The van der Waals surface area contributed by atoms with Gasteiger partial charge in [0.15, 0.2) is 6.04 Å². The molecule has 1 aromatic carbocycles. The van der Waals surface area contributed by atoms with E-state index >= 15 is 0 Å². The highest BCUT2D eigenvalue weighted by molar-refractivity contribution is 6.01. The standard InChI is InChI=1S/C15H15FN2O4/c1-2-22-15(21)14(18-8-19)11(6-16)12-7-17-13-4-3-9(20)5-10(12)13/h3-8,14,17,20H,2H2,1H3,(H,18,19)/b11-6+. The summed E-state index contributed by atoms with van der Waals surface area (Å²) in [5.41, 5.74) is 0.934. The Hall–Kier alpha value is -2.83. The van der Waals surface area contributed by atoms with Crippen molar-refractivity contribution in [3.8, 4) is 5.75 Å². The highest BCUT2D eigenvalue weighted by Crippen LogP contribution is 2.30. The number of aromatic nitrogens is 1. The normalized spacial score (nSPS) is 12.9. The number of esters is 1. The summed E-state index contributed by atoms with van der Waals surface area (Å²) in [6.45, 7) is 1.71. The summed E-state index contributed by atoms with van der Waals surface area (Å²) >= 11 is 0. The lowest BCUT2D eigenvalue weighted by molar-refractivity contribution is -0.144. The minimum absolute atomic E-state index is 0.00240. The summed E-state index contributed by atoms with van der Waals surface area (Å²) in [5.74, 6) is -0.768. The number of nitrogens with one attached hydrogen (secondary N) is 2. The van der Waals surface area contributed by atoms with Crippen LogP contribution in [-0.4, -0.2) is 35.1 Å². The molecule has 1 heterocycles. The Morgan fingerprint density at radius 3 is 2.95 bits per heavy atom. The van der Waals surface area contributed by atoms with Crippen LogP contribution in [0, 0.1) is 0 Å². The van der Waals surface area contributed by atoms with Gasteiger partial charge in [-0.05, 0) is 25.1 Å². The summed E-state index contributed by atoms with van der Waals surface area (Å²) in [6.07, 6.45) is 2.04. The van der Waals surface area contributed by atoms with Gasteiger partial charge >= 0.3 is 5.97 Å². The first-order chi connectivity index (χ1) is 10.6. The predicted octanol–water partition coefficient (Wildman–Crippen LogP) is 1.86. The monoisotopic (exact) mass is 306 g/mol. The van der Waals surface area contributed by atoms with Gasteiger partial charge in [-0.1, -0.05) is 0 Å². The fourth-order valence-electron chi connectivity index (χ4n) is 2.20. The fraction of sp³-hybridized carbons (Fsp3) is 0.200. The van der Waals surface area contributed by atoms with Gasteiger partial charge in [0.05, 0.1) is 12.9 Å². The number of amides is 1. The molecule has 2 rings (SSSR count). The highest BCUT2D eigenvalue weighted by atomic mass is 19.1. The molecule has 1 atom stereocenters. The number of carbonyl (C=O) groups excluding carboxylic acids is 2. The first kappa shape index (κ1) is 15.6. The molecule has 6 nitrogen and oxygen atoms in total. The van der Waals surface area contributed by atoms with E-state index in [4.69, 9.17) is 4.74 Å². The molecular formula is C15H15FN2O4. The summed E-state index contributed by atoms with van der Waals surface area (Å²) < 4.78 is 18.3. The third kappa shape index (κ3) is 2.93. The maximum atomic E-state index is 13.4. The van der Waals surface area contributed by atoms with Crippen LogP contribution in [0.5, 0.6) is 5.75 Å². The second-order valence-electron chi connectivity index (χ2n) is 4.47. The van der Waals surface area contributed by atoms with E-state index in [0.29, 0.717) is 22.9 Å². The van der Waals surface area contributed by atoms with E-state index in [-0.39, 0.29) is 24.3 Å². The predicted molar refractivity (Wildman–Crippen MR) is 78.7 cm³/mol. The van der Waals surface area contributed by atoms with E-state index in [1.165, 1.54) is 18.3 Å². The van der Waals surface area contributed by atoms with Crippen molar-refractivity contribution in [1.29, 1.82) is 0 Å². The molecular weight excluding hydrogens is 291 g/mol. The van der Waals surface area contributed by atoms with Gasteiger partial charge in [-0.3, -0.25) is 4.79 Å². The maximum absolute atomic E-state index is 13.4. The Labute approximate surface area is 125 Å². The lowest BCUT2D eigenvalue weighted by Crippen LogP contribution is -2.38. The molecule has 22 heavy (non-hydrogen) atoms. The van der Waals surface area contributed by atoms with Gasteiger partial charge in [-0.25, -0.2) is 9.18 Å². The Kier molecular flexibility index (Phi) is 4.77.